The summed E-state index contributed by atoms with van der Waals surface area (Å²) in [6.07, 6.45) is 10.2. The lowest BCUT2D eigenvalue weighted by atomic mass is 9.79. The fraction of sp³-hybridized carbons (Fsp3) is 1.00. The van der Waals surface area contributed by atoms with Crippen LogP contribution in [0.3, 0.4) is 0 Å². The molecule has 0 aromatic rings. The molecule has 0 radical (unpaired) electrons. The maximum absolute atomic E-state index is 6.03. The Morgan fingerprint density at radius 2 is 1.94 bits per heavy atom. The molecule has 0 amide bonds. The minimum Gasteiger partial charge on any atom is -0.377 e. The normalized spacial score (nSPS) is 24.4. The maximum Gasteiger partial charge on any atom is 0.0756 e. The SMILES string of the molecule is CCCNC(CC1CCC1)C(OCC)C1CC1. The summed E-state index contributed by atoms with van der Waals surface area (Å²) in [5.41, 5.74) is 0. The third-order valence-corrected chi connectivity index (χ3v) is 4.31. The first-order valence-corrected chi connectivity index (χ1v) is 7.70. The van der Waals surface area contributed by atoms with E-state index in [4.69, 9.17) is 4.74 Å². The van der Waals surface area contributed by atoms with E-state index in [0.29, 0.717) is 12.1 Å². The molecule has 1 N–H and O–H groups in total. The van der Waals surface area contributed by atoms with E-state index in [1.807, 2.05) is 0 Å². The highest BCUT2D eigenvalue weighted by Gasteiger charge is 2.38. The lowest BCUT2D eigenvalue weighted by Gasteiger charge is -2.34. The average molecular weight is 239 g/mol. The van der Waals surface area contributed by atoms with Crippen LogP contribution in [-0.4, -0.2) is 25.3 Å². The smallest absolute Gasteiger partial charge is 0.0756 e. The number of hydrogen-bond acceptors (Lipinski definition) is 2. The van der Waals surface area contributed by atoms with Gasteiger partial charge in [0.25, 0.3) is 0 Å². The predicted octanol–water partition coefficient (Wildman–Crippen LogP) is 3.36. The summed E-state index contributed by atoms with van der Waals surface area (Å²) in [5, 5.41) is 3.75. The average Bonchev–Trinajstić information content (AvgIpc) is 3.08. The zero-order valence-electron chi connectivity index (χ0n) is 11.6. The molecule has 2 unspecified atom stereocenters. The van der Waals surface area contributed by atoms with E-state index in [-0.39, 0.29) is 0 Å². The molecule has 0 heterocycles. The molecule has 2 saturated carbocycles. The van der Waals surface area contributed by atoms with Gasteiger partial charge in [0.15, 0.2) is 0 Å². The third-order valence-electron chi connectivity index (χ3n) is 4.31. The van der Waals surface area contributed by atoms with Crippen molar-refractivity contribution >= 4 is 0 Å². The molecule has 2 heteroatoms. The summed E-state index contributed by atoms with van der Waals surface area (Å²) >= 11 is 0. The largest absolute Gasteiger partial charge is 0.377 e. The second kappa shape index (κ2) is 6.75. The lowest BCUT2D eigenvalue weighted by molar-refractivity contribution is 0.00921. The molecule has 2 rings (SSSR count). The Hall–Kier alpha value is -0.0800. The molecule has 2 aliphatic rings. The highest BCUT2D eigenvalue weighted by atomic mass is 16.5. The topological polar surface area (TPSA) is 21.3 Å². The number of nitrogens with one attached hydrogen (secondary N) is 1. The van der Waals surface area contributed by atoms with E-state index in [1.165, 1.54) is 44.9 Å². The van der Waals surface area contributed by atoms with Gasteiger partial charge in [-0.25, -0.2) is 0 Å². The minimum absolute atomic E-state index is 0.493. The van der Waals surface area contributed by atoms with Gasteiger partial charge in [0.05, 0.1) is 6.10 Å². The standard InChI is InChI=1S/C15H29NO/c1-3-10-16-14(11-12-6-5-7-12)15(17-4-2)13-8-9-13/h12-16H,3-11H2,1-2H3. The Bertz CT molecular complexity index is 211. The van der Waals surface area contributed by atoms with Gasteiger partial charge < -0.3 is 10.1 Å². The van der Waals surface area contributed by atoms with Crippen LogP contribution in [0.15, 0.2) is 0 Å². The van der Waals surface area contributed by atoms with Crippen molar-refractivity contribution in [3.05, 3.63) is 0 Å². The maximum atomic E-state index is 6.03. The summed E-state index contributed by atoms with van der Waals surface area (Å²) in [5.74, 6) is 1.83. The van der Waals surface area contributed by atoms with Crippen LogP contribution < -0.4 is 5.32 Å². The van der Waals surface area contributed by atoms with Crippen LogP contribution in [0.5, 0.6) is 0 Å². The number of rotatable bonds is 9. The molecule has 100 valence electrons. The van der Waals surface area contributed by atoms with Crippen molar-refractivity contribution in [2.24, 2.45) is 11.8 Å². The van der Waals surface area contributed by atoms with Gasteiger partial charge in [0.2, 0.25) is 0 Å². The van der Waals surface area contributed by atoms with Crippen LogP contribution in [-0.2, 0) is 4.74 Å². The molecule has 0 spiro atoms. The van der Waals surface area contributed by atoms with Gasteiger partial charge in [-0.2, -0.15) is 0 Å². The van der Waals surface area contributed by atoms with Gasteiger partial charge >= 0.3 is 0 Å². The highest BCUT2D eigenvalue weighted by Crippen LogP contribution is 2.39. The van der Waals surface area contributed by atoms with Gasteiger partial charge in [-0.3, -0.25) is 0 Å². The Balaban J connectivity index is 1.85. The van der Waals surface area contributed by atoms with Gasteiger partial charge in [0.1, 0.15) is 0 Å². The zero-order chi connectivity index (χ0) is 12.1. The molecule has 0 bridgehead atoms. The third kappa shape index (κ3) is 3.96. The van der Waals surface area contributed by atoms with Gasteiger partial charge in [-0.05, 0) is 51.0 Å². The molecule has 2 nitrogen and oxygen atoms in total. The van der Waals surface area contributed by atoms with E-state index in [2.05, 4.69) is 19.2 Å². The van der Waals surface area contributed by atoms with Gasteiger partial charge in [-0.1, -0.05) is 26.2 Å². The number of ether oxygens (including phenoxy) is 1. The Kier molecular flexibility index (Phi) is 5.30. The molecule has 2 atom stereocenters. The van der Waals surface area contributed by atoms with Crippen molar-refractivity contribution in [1.82, 2.24) is 5.32 Å². The summed E-state index contributed by atoms with van der Waals surface area (Å²) in [6.45, 7) is 6.40. The van der Waals surface area contributed by atoms with Crippen molar-refractivity contribution in [3.8, 4) is 0 Å². The van der Waals surface area contributed by atoms with Crippen molar-refractivity contribution in [3.63, 3.8) is 0 Å². The quantitative estimate of drug-likeness (QED) is 0.666. The molecular weight excluding hydrogens is 210 g/mol. The Morgan fingerprint density at radius 1 is 1.18 bits per heavy atom. The van der Waals surface area contributed by atoms with Crippen molar-refractivity contribution < 1.29 is 4.74 Å². The van der Waals surface area contributed by atoms with E-state index in [0.717, 1.165) is 25.0 Å². The van der Waals surface area contributed by atoms with E-state index < -0.39 is 0 Å². The van der Waals surface area contributed by atoms with Crippen molar-refractivity contribution in [2.75, 3.05) is 13.2 Å². The molecule has 2 aliphatic carbocycles. The molecule has 17 heavy (non-hydrogen) atoms. The minimum atomic E-state index is 0.493. The van der Waals surface area contributed by atoms with Crippen molar-refractivity contribution in [1.29, 1.82) is 0 Å². The molecule has 0 aliphatic heterocycles. The van der Waals surface area contributed by atoms with Gasteiger partial charge in [0, 0.05) is 12.6 Å². The second-order valence-electron chi connectivity index (χ2n) is 5.85. The van der Waals surface area contributed by atoms with Crippen molar-refractivity contribution in [2.45, 2.75) is 70.9 Å². The van der Waals surface area contributed by atoms with Crippen LogP contribution in [0.4, 0.5) is 0 Å². The first-order valence-electron chi connectivity index (χ1n) is 7.70. The molecular formula is C15H29NO. The molecule has 2 fully saturated rings. The molecule has 0 aromatic carbocycles. The molecule has 0 aromatic heterocycles. The summed E-state index contributed by atoms with van der Waals surface area (Å²) in [7, 11) is 0. The lowest BCUT2D eigenvalue weighted by Crippen LogP contribution is -2.45. The zero-order valence-corrected chi connectivity index (χ0v) is 11.6. The van der Waals surface area contributed by atoms with Crippen LogP contribution in [0, 0.1) is 11.8 Å². The monoisotopic (exact) mass is 239 g/mol. The molecule has 0 saturated heterocycles. The van der Waals surface area contributed by atoms with E-state index in [1.54, 1.807) is 0 Å². The van der Waals surface area contributed by atoms with Gasteiger partial charge in [-0.15, -0.1) is 0 Å². The van der Waals surface area contributed by atoms with Crippen LogP contribution in [0.25, 0.3) is 0 Å². The first kappa shape index (κ1) is 13.4. The second-order valence-corrected chi connectivity index (χ2v) is 5.85. The summed E-state index contributed by atoms with van der Waals surface area (Å²) < 4.78 is 6.03. The fourth-order valence-corrected chi connectivity index (χ4v) is 2.95. The van der Waals surface area contributed by atoms with Crippen LogP contribution in [0.1, 0.15) is 58.8 Å². The van der Waals surface area contributed by atoms with E-state index >= 15 is 0 Å². The Labute approximate surface area is 107 Å². The van der Waals surface area contributed by atoms with Crippen LogP contribution in [0.2, 0.25) is 0 Å². The summed E-state index contributed by atoms with van der Waals surface area (Å²) in [4.78, 5) is 0. The predicted molar refractivity (Wildman–Crippen MR) is 72.2 cm³/mol. The highest BCUT2D eigenvalue weighted by molar-refractivity contribution is 4.92. The summed E-state index contributed by atoms with van der Waals surface area (Å²) in [6, 6.07) is 0.618. The Morgan fingerprint density at radius 3 is 2.41 bits per heavy atom. The first-order chi connectivity index (χ1) is 8.35. The van der Waals surface area contributed by atoms with Crippen LogP contribution >= 0.6 is 0 Å². The number of hydrogen-bond donors (Lipinski definition) is 1. The fourth-order valence-electron chi connectivity index (χ4n) is 2.95. The van der Waals surface area contributed by atoms with E-state index in [9.17, 15) is 0 Å².